The molecule has 1 aliphatic carbocycles. The predicted molar refractivity (Wildman–Crippen MR) is 80.8 cm³/mol. The number of aliphatic hydroxyl groups is 1. The van der Waals surface area contributed by atoms with E-state index in [1.807, 2.05) is 18.3 Å². The molecule has 2 nitrogen and oxygen atoms in total. The highest BCUT2D eigenvalue weighted by molar-refractivity contribution is 5.80. The molecule has 20 heavy (non-hydrogen) atoms. The number of aryl methyl sites for hydroxylation is 2. The lowest BCUT2D eigenvalue weighted by atomic mass is 9.87. The molecule has 4 rings (SSSR count). The smallest absolute Gasteiger partial charge is 0.115 e. The van der Waals surface area contributed by atoms with Crippen molar-refractivity contribution in [3.63, 3.8) is 0 Å². The molecule has 0 aliphatic heterocycles. The summed E-state index contributed by atoms with van der Waals surface area (Å²) in [7, 11) is 0. The van der Waals surface area contributed by atoms with Crippen molar-refractivity contribution >= 4 is 10.9 Å². The fourth-order valence-electron chi connectivity index (χ4n) is 3.35. The van der Waals surface area contributed by atoms with Gasteiger partial charge in [0.15, 0.2) is 0 Å². The maximum atomic E-state index is 11.2. The molecule has 1 aromatic heterocycles. The average molecular weight is 263 g/mol. The van der Waals surface area contributed by atoms with Crippen LogP contribution in [0.5, 0.6) is 0 Å². The van der Waals surface area contributed by atoms with E-state index in [1.54, 1.807) is 0 Å². The molecule has 0 fully saturated rings. The van der Waals surface area contributed by atoms with Gasteiger partial charge in [0.1, 0.15) is 5.60 Å². The molecule has 2 aromatic carbocycles. The first-order valence-corrected chi connectivity index (χ1v) is 7.07. The van der Waals surface area contributed by atoms with Crippen LogP contribution in [0.4, 0.5) is 0 Å². The molecule has 0 radical (unpaired) electrons. The molecule has 0 amide bonds. The topological polar surface area (TPSA) is 36.0 Å². The minimum atomic E-state index is -0.840. The standard InChI is InChI=1S/C18H17NO/c1-12-2-3-13-6-8-18(20,16(13)10-12)15-4-5-17-14(11-15)7-9-19-17/h2-5,7,9-11,19-20H,6,8H2,1H3. The highest BCUT2D eigenvalue weighted by Crippen LogP contribution is 2.42. The van der Waals surface area contributed by atoms with E-state index >= 15 is 0 Å². The van der Waals surface area contributed by atoms with Crippen LogP contribution in [-0.4, -0.2) is 10.1 Å². The van der Waals surface area contributed by atoms with E-state index in [4.69, 9.17) is 0 Å². The van der Waals surface area contributed by atoms with Crippen LogP contribution in [0, 0.1) is 6.92 Å². The van der Waals surface area contributed by atoms with Gasteiger partial charge in [-0.1, -0.05) is 29.8 Å². The Labute approximate surface area is 118 Å². The summed E-state index contributed by atoms with van der Waals surface area (Å²) in [4.78, 5) is 3.20. The molecule has 1 atom stereocenters. The first kappa shape index (κ1) is 11.7. The fraction of sp³-hybridized carbons (Fsp3) is 0.222. The second-order valence-electron chi connectivity index (χ2n) is 5.80. The quantitative estimate of drug-likeness (QED) is 0.690. The lowest BCUT2D eigenvalue weighted by Gasteiger charge is -2.25. The Morgan fingerprint density at radius 1 is 1.10 bits per heavy atom. The second-order valence-corrected chi connectivity index (χ2v) is 5.80. The zero-order valence-corrected chi connectivity index (χ0v) is 11.5. The van der Waals surface area contributed by atoms with Crippen molar-refractivity contribution in [1.82, 2.24) is 4.98 Å². The molecule has 0 saturated carbocycles. The van der Waals surface area contributed by atoms with Crippen molar-refractivity contribution < 1.29 is 5.11 Å². The number of hydrogen-bond donors (Lipinski definition) is 2. The van der Waals surface area contributed by atoms with Crippen LogP contribution in [-0.2, 0) is 12.0 Å². The number of H-pyrrole nitrogens is 1. The summed E-state index contributed by atoms with van der Waals surface area (Å²) < 4.78 is 0. The van der Waals surface area contributed by atoms with Crippen molar-refractivity contribution in [2.45, 2.75) is 25.4 Å². The molecule has 0 spiro atoms. The van der Waals surface area contributed by atoms with Gasteiger partial charge in [0, 0.05) is 11.7 Å². The fourth-order valence-corrected chi connectivity index (χ4v) is 3.35. The predicted octanol–water partition coefficient (Wildman–Crippen LogP) is 3.66. The molecule has 0 saturated heterocycles. The Bertz CT molecular complexity index is 802. The van der Waals surface area contributed by atoms with E-state index in [1.165, 1.54) is 11.1 Å². The number of aromatic nitrogens is 1. The molecular weight excluding hydrogens is 246 g/mol. The van der Waals surface area contributed by atoms with Gasteiger partial charge in [0.05, 0.1) is 0 Å². The maximum Gasteiger partial charge on any atom is 0.115 e. The van der Waals surface area contributed by atoms with Gasteiger partial charge in [-0.15, -0.1) is 0 Å². The van der Waals surface area contributed by atoms with E-state index < -0.39 is 5.60 Å². The molecule has 1 aliphatic rings. The highest BCUT2D eigenvalue weighted by atomic mass is 16.3. The van der Waals surface area contributed by atoms with Gasteiger partial charge in [-0.05, 0) is 60.0 Å². The third-order valence-electron chi connectivity index (χ3n) is 4.50. The van der Waals surface area contributed by atoms with Crippen LogP contribution in [0.2, 0.25) is 0 Å². The van der Waals surface area contributed by atoms with Gasteiger partial charge < -0.3 is 10.1 Å². The van der Waals surface area contributed by atoms with E-state index in [-0.39, 0.29) is 0 Å². The monoisotopic (exact) mass is 263 g/mol. The van der Waals surface area contributed by atoms with Gasteiger partial charge in [-0.2, -0.15) is 0 Å². The Morgan fingerprint density at radius 2 is 2.00 bits per heavy atom. The largest absolute Gasteiger partial charge is 0.380 e. The van der Waals surface area contributed by atoms with Gasteiger partial charge in [0.25, 0.3) is 0 Å². The lowest BCUT2D eigenvalue weighted by molar-refractivity contribution is 0.0830. The summed E-state index contributed by atoms with van der Waals surface area (Å²) in [6, 6.07) is 14.6. The summed E-state index contributed by atoms with van der Waals surface area (Å²) in [5.74, 6) is 0. The molecule has 1 heterocycles. The molecule has 100 valence electrons. The van der Waals surface area contributed by atoms with Crippen LogP contribution in [0.15, 0.2) is 48.7 Å². The van der Waals surface area contributed by atoms with E-state index in [0.29, 0.717) is 0 Å². The molecule has 3 aromatic rings. The molecular formula is C18H17NO. The normalized spacial score (nSPS) is 21.3. The third-order valence-corrected chi connectivity index (χ3v) is 4.50. The summed E-state index contributed by atoms with van der Waals surface area (Å²) in [5, 5.41) is 12.4. The van der Waals surface area contributed by atoms with E-state index in [9.17, 15) is 5.11 Å². The Kier molecular flexibility index (Phi) is 2.33. The number of hydrogen-bond acceptors (Lipinski definition) is 1. The zero-order valence-electron chi connectivity index (χ0n) is 11.5. The molecule has 2 N–H and O–H groups in total. The number of benzene rings is 2. The van der Waals surface area contributed by atoms with Crippen molar-refractivity contribution in [2.75, 3.05) is 0 Å². The number of fused-ring (bicyclic) bond motifs is 2. The lowest BCUT2D eigenvalue weighted by Crippen LogP contribution is -2.23. The van der Waals surface area contributed by atoms with Crippen molar-refractivity contribution in [1.29, 1.82) is 0 Å². The Morgan fingerprint density at radius 3 is 2.90 bits per heavy atom. The number of rotatable bonds is 1. The minimum Gasteiger partial charge on any atom is -0.380 e. The van der Waals surface area contributed by atoms with Crippen LogP contribution in [0.1, 0.15) is 28.7 Å². The van der Waals surface area contributed by atoms with E-state index in [2.05, 4.69) is 42.2 Å². The summed E-state index contributed by atoms with van der Waals surface area (Å²) in [6.45, 7) is 2.08. The Balaban J connectivity index is 1.91. The van der Waals surface area contributed by atoms with Crippen molar-refractivity contribution in [3.05, 3.63) is 70.9 Å². The Hall–Kier alpha value is -2.06. The average Bonchev–Trinajstić information content (AvgIpc) is 3.04. The second kappa shape index (κ2) is 3.97. The highest BCUT2D eigenvalue weighted by Gasteiger charge is 2.38. The molecule has 0 bridgehead atoms. The maximum absolute atomic E-state index is 11.2. The first-order valence-electron chi connectivity index (χ1n) is 7.07. The van der Waals surface area contributed by atoms with Gasteiger partial charge in [0.2, 0.25) is 0 Å². The summed E-state index contributed by atoms with van der Waals surface area (Å²) in [6.07, 6.45) is 3.64. The molecule has 2 heteroatoms. The third kappa shape index (κ3) is 1.55. The van der Waals surface area contributed by atoms with Gasteiger partial charge in [-0.3, -0.25) is 0 Å². The van der Waals surface area contributed by atoms with Crippen molar-refractivity contribution in [2.24, 2.45) is 0 Å². The molecule has 1 unspecified atom stereocenters. The zero-order chi connectivity index (χ0) is 13.7. The van der Waals surface area contributed by atoms with Gasteiger partial charge in [-0.25, -0.2) is 0 Å². The van der Waals surface area contributed by atoms with Crippen LogP contribution >= 0.6 is 0 Å². The van der Waals surface area contributed by atoms with Crippen LogP contribution in [0.25, 0.3) is 10.9 Å². The number of aromatic amines is 1. The van der Waals surface area contributed by atoms with Gasteiger partial charge >= 0.3 is 0 Å². The van der Waals surface area contributed by atoms with Crippen LogP contribution < -0.4 is 0 Å². The number of nitrogens with one attached hydrogen (secondary N) is 1. The summed E-state index contributed by atoms with van der Waals surface area (Å²) >= 11 is 0. The SMILES string of the molecule is Cc1ccc2c(c1)C(O)(c1ccc3[nH]ccc3c1)CC2. The first-order chi connectivity index (χ1) is 9.67. The van der Waals surface area contributed by atoms with E-state index in [0.717, 1.165) is 34.9 Å². The minimum absolute atomic E-state index is 0.766. The van der Waals surface area contributed by atoms with Crippen LogP contribution in [0.3, 0.4) is 0 Å². The summed E-state index contributed by atoms with van der Waals surface area (Å²) in [5.41, 5.74) is 4.81. The van der Waals surface area contributed by atoms with Crippen molar-refractivity contribution in [3.8, 4) is 0 Å².